The first-order chi connectivity index (χ1) is 9.69. The highest BCUT2D eigenvalue weighted by Gasteiger charge is 2.36. The zero-order chi connectivity index (χ0) is 13.7. The standard InChI is InChI=1S/C15H16N2O2S/c16-10-1-4-13-9(5-10)6-14(20-13)15(18)17-7-11-2-3-12(8-17)19-11/h1,4-6,11-12H,2-3,7-8,16H2. The molecule has 20 heavy (non-hydrogen) atoms. The summed E-state index contributed by atoms with van der Waals surface area (Å²) in [6.45, 7) is 1.46. The SMILES string of the molecule is Nc1ccc2sc(C(=O)N3CC4CCC(C3)O4)cc2c1. The number of fused-ring (bicyclic) bond motifs is 3. The van der Waals surface area contributed by atoms with E-state index in [9.17, 15) is 4.79 Å². The van der Waals surface area contributed by atoms with Crippen LogP contribution in [0.25, 0.3) is 10.1 Å². The maximum atomic E-state index is 12.6. The highest BCUT2D eigenvalue weighted by Crippen LogP contribution is 2.31. The van der Waals surface area contributed by atoms with E-state index in [2.05, 4.69) is 0 Å². The molecule has 0 spiro atoms. The van der Waals surface area contributed by atoms with Crippen molar-refractivity contribution in [3.8, 4) is 0 Å². The quantitative estimate of drug-likeness (QED) is 0.820. The molecule has 0 radical (unpaired) electrons. The van der Waals surface area contributed by atoms with Gasteiger partial charge in [0.2, 0.25) is 0 Å². The largest absolute Gasteiger partial charge is 0.399 e. The summed E-state index contributed by atoms with van der Waals surface area (Å²) in [5, 5.41) is 1.05. The van der Waals surface area contributed by atoms with Crippen LogP contribution in [0.2, 0.25) is 0 Å². The molecule has 5 heteroatoms. The number of nitrogens with zero attached hydrogens (tertiary/aromatic N) is 1. The molecule has 2 aliphatic rings. The number of rotatable bonds is 1. The molecule has 2 fully saturated rings. The second-order valence-corrected chi connectivity index (χ2v) is 6.66. The summed E-state index contributed by atoms with van der Waals surface area (Å²) in [5.74, 6) is 0.130. The number of anilines is 1. The van der Waals surface area contributed by atoms with E-state index >= 15 is 0 Å². The molecule has 104 valence electrons. The van der Waals surface area contributed by atoms with Gasteiger partial charge in [-0.25, -0.2) is 0 Å². The van der Waals surface area contributed by atoms with Crippen LogP contribution in [-0.4, -0.2) is 36.1 Å². The molecule has 2 atom stereocenters. The van der Waals surface area contributed by atoms with Crippen molar-refractivity contribution in [1.29, 1.82) is 0 Å². The summed E-state index contributed by atoms with van der Waals surface area (Å²) < 4.78 is 6.89. The minimum Gasteiger partial charge on any atom is -0.399 e. The summed E-state index contributed by atoms with van der Waals surface area (Å²) in [5.41, 5.74) is 6.52. The van der Waals surface area contributed by atoms with E-state index in [0.717, 1.165) is 46.6 Å². The van der Waals surface area contributed by atoms with E-state index < -0.39 is 0 Å². The van der Waals surface area contributed by atoms with Crippen LogP contribution in [0.1, 0.15) is 22.5 Å². The maximum absolute atomic E-state index is 12.6. The predicted molar refractivity (Wildman–Crippen MR) is 80.0 cm³/mol. The lowest BCUT2D eigenvalue weighted by atomic mass is 10.2. The highest BCUT2D eigenvalue weighted by molar-refractivity contribution is 7.20. The van der Waals surface area contributed by atoms with Gasteiger partial charge in [0.25, 0.3) is 5.91 Å². The molecule has 0 aliphatic carbocycles. The summed E-state index contributed by atoms with van der Waals surface area (Å²) in [7, 11) is 0. The smallest absolute Gasteiger partial charge is 0.264 e. The summed E-state index contributed by atoms with van der Waals surface area (Å²) >= 11 is 1.54. The topological polar surface area (TPSA) is 55.6 Å². The van der Waals surface area contributed by atoms with Gasteiger partial charge in [0.05, 0.1) is 17.1 Å². The Morgan fingerprint density at radius 3 is 2.75 bits per heavy atom. The van der Waals surface area contributed by atoms with Crippen LogP contribution in [-0.2, 0) is 4.74 Å². The van der Waals surface area contributed by atoms with Gasteiger partial charge in [-0.1, -0.05) is 0 Å². The normalized spacial score (nSPS) is 25.3. The molecule has 2 bridgehead atoms. The second kappa shape index (κ2) is 4.46. The van der Waals surface area contributed by atoms with Crippen molar-refractivity contribution in [1.82, 2.24) is 4.90 Å². The number of carbonyl (C=O) groups is 1. The Balaban J connectivity index is 1.63. The summed E-state index contributed by atoms with van der Waals surface area (Å²) in [6.07, 6.45) is 2.64. The second-order valence-electron chi connectivity index (χ2n) is 5.58. The van der Waals surface area contributed by atoms with Gasteiger partial charge in [-0.15, -0.1) is 11.3 Å². The van der Waals surface area contributed by atoms with E-state index in [4.69, 9.17) is 10.5 Å². The Morgan fingerprint density at radius 2 is 2.00 bits per heavy atom. The predicted octanol–water partition coefficient (Wildman–Crippen LogP) is 2.49. The molecule has 1 aromatic heterocycles. The Labute approximate surface area is 121 Å². The van der Waals surface area contributed by atoms with E-state index in [1.54, 1.807) is 11.3 Å². The van der Waals surface area contributed by atoms with Crippen LogP contribution >= 0.6 is 11.3 Å². The van der Waals surface area contributed by atoms with Crippen LogP contribution in [0.3, 0.4) is 0 Å². The van der Waals surface area contributed by atoms with Crippen molar-refractivity contribution in [2.24, 2.45) is 0 Å². The number of amides is 1. The Kier molecular flexibility index (Phi) is 2.72. The van der Waals surface area contributed by atoms with Crippen molar-refractivity contribution in [2.45, 2.75) is 25.0 Å². The lowest BCUT2D eigenvalue weighted by molar-refractivity contribution is -0.0302. The molecular weight excluding hydrogens is 272 g/mol. The minimum atomic E-state index is 0.130. The molecule has 4 rings (SSSR count). The van der Waals surface area contributed by atoms with Gasteiger partial charge in [0.15, 0.2) is 0 Å². The Morgan fingerprint density at radius 1 is 1.25 bits per heavy atom. The van der Waals surface area contributed by atoms with Crippen LogP contribution in [0.5, 0.6) is 0 Å². The first-order valence-corrected chi connectivity index (χ1v) is 7.74. The number of hydrogen-bond acceptors (Lipinski definition) is 4. The fourth-order valence-corrected chi connectivity index (χ4v) is 4.11. The zero-order valence-electron chi connectivity index (χ0n) is 11.0. The first-order valence-electron chi connectivity index (χ1n) is 6.93. The fourth-order valence-electron chi connectivity index (χ4n) is 3.10. The number of likely N-dealkylation sites (tertiary alicyclic amines) is 1. The van der Waals surface area contributed by atoms with Crippen molar-refractivity contribution < 1.29 is 9.53 Å². The van der Waals surface area contributed by atoms with Gasteiger partial charge in [-0.3, -0.25) is 4.79 Å². The fraction of sp³-hybridized carbons (Fsp3) is 0.400. The molecule has 2 N–H and O–H groups in total. The van der Waals surface area contributed by atoms with Gasteiger partial charge in [0, 0.05) is 23.5 Å². The van der Waals surface area contributed by atoms with E-state index in [1.807, 2.05) is 29.2 Å². The number of morpholine rings is 1. The van der Waals surface area contributed by atoms with E-state index in [-0.39, 0.29) is 18.1 Å². The number of nitrogens with two attached hydrogens (primary N) is 1. The lowest BCUT2D eigenvalue weighted by Crippen LogP contribution is -2.45. The molecular formula is C15H16N2O2S. The van der Waals surface area contributed by atoms with Gasteiger partial charge in [-0.05, 0) is 42.5 Å². The minimum absolute atomic E-state index is 0.130. The molecule has 2 unspecified atom stereocenters. The molecule has 1 aromatic carbocycles. The molecule has 4 nitrogen and oxygen atoms in total. The average Bonchev–Trinajstić information content (AvgIpc) is 3.00. The van der Waals surface area contributed by atoms with E-state index in [0.29, 0.717) is 0 Å². The Bertz CT molecular complexity index is 670. The molecule has 2 saturated heterocycles. The number of nitrogen functional groups attached to an aromatic ring is 1. The van der Waals surface area contributed by atoms with Crippen molar-refractivity contribution in [2.75, 3.05) is 18.8 Å². The zero-order valence-corrected chi connectivity index (χ0v) is 11.9. The highest BCUT2D eigenvalue weighted by atomic mass is 32.1. The van der Waals surface area contributed by atoms with Crippen molar-refractivity contribution in [3.63, 3.8) is 0 Å². The molecule has 3 heterocycles. The maximum Gasteiger partial charge on any atom is 0.264 e. The number of carbonyl (C=O) groups excluding carboxylic acids is 1. The van der Waals surface area contributed by atoms with Crippen LogP contribution < -0.4 is 5.73 Å². The van der Waals surface area contributed by atoms with Gasteiger partial charge in [-0.2, -0.15) is 0 Å². The summed E-state index contributed by atoms with van der Waals surface area (Å²) in [4.78, 5) is 15.4. The third-order valence-corrected chi connectivity index (χ3v) is 5.19. The van der Waals surface area contributed by atoms with Crippen molar-refractivity contribution in [3.05, 3.63) is 29.1 Å². The Hall–Kier alpha value is -1.59. The van der Waals surface area contributed by atoms with Crippen LogP contribution in [0.15, 0.2) is 24.3 Å². The monoisotopic (exact) mass is 288 g/mol. The molecule has 2 aliphatic heterocycles. The molecule has 2 aromatic rings. The third kappa shape index (κ3) is 1.98. The summed E-state index contributed by atoms with van der Waals surface area (Å²) in [6, 6.07) is 7.73. The van der Waals surface area contributed by atoms with Crippen molar-refractivity contribution >= 4 is 33.0 Å². The molecule has 0 saturated carbocycles. The number of benzene rings is 1. The lowest BCUT2D eigenvalue weighted by Gasteiger charge is -2.31. The van der Waals surface area contributed by atoms with Gasteiger partial charge in [0.1, 0.15) is 0 Å². The number of thiophene rings is 1. The average molecular weight is 288 g/mol. The van der Waals surface area contributed by atoms with Gasteiger partial charge >= 0.3 is 0 Å². The third-order valence-electron chi connectivity index (χ3n) is 4.08. The van der Waals surface area contributed by atoms with E-state index in [1.165, 1.54) is 0 Å². The van der Waals surface area contributed by atoms with Crippen LogP contribution in [0, 0.1) is 0 Å². The van der Waals surface area contributed by atoms with Crippen LogP contribution in [0.4, 0.5) is 5.69 Å². The molecule has 1 amide bonds. The van der Waals surface area contributed by atoms with Gasteiger partial charge < -0.3 is 15.4 Å². The number of hydrogen-bond donors (Lipinski definition) is 1. The number of ether oxygens (including phenoxy) is 1. The first kappa shape index (κ1) is 12.2.